The standard InChI is InChI=1S/C14H11ClF3N3O/c1-2-8-21-13(22)20(9-7-14(16,17)18)12(19-21)10-3-5-11(15)6-4-10/h1,3-6H,7-9H2. The average Bonchev–Trinajstić information content (AvgIpc) is 2.74. The number of hydrogen-bond donors (Lipinski definition) is 0. The Morgan fingerprint density at radius 2 is 1.91 bits per heavy atom. The highest BCUT2D eigenvalue weighted by Crippen LogP contribution is 2.23. The molecule has 4 nitrogen and oxygen atoms in total. The van der Waals surface area contributed by atoms with Gasteiger partial charge in [0.1, 0.15) is 6.54 Å². The number of alkyl halides is 3. The van der Waals surface area contributed by atoms with Crippen molar-refractivity contribution in [3.8, 4) is 23.7 Å². The zero-order chi connectivity index (χ0) is 16.3. The predicted octanol–water partition coefficient (Wildman–Crippen LogP) is 2.95. The maximum atomic E-state index is 12.4. The van der Waals surface area contributed by atoms with E-state index in [0.717, 1.165) is 9.25 Å². The largest absolute Gasteiger partial charge is 0.390 e. The highest BCUT2D eigenvalue weighted by atomic mass is 35.5. The van der Waals surface area contributed by atoms with Crippen LogP contribution in [-0.4, -0.2) is 20.5 Å². The molecule has 0 atom stereocenters. The van der Waals surface area contributed by atoms with E-state index in [9.17, 15) is 18.0 Å². The Balaban J connectivity index is 2.47. The highest BCUT2D eigenvalue weighted by Gasteiger charge is 2.28. The molecule has 0 fully saturated rings. The Hall–Kier alpha value is -2.20. The van der Waals surface area contributed by atoms with E-state index in [-0.39, 0.29) is 12.4 Å². The molecule has 0 unspecified atom stereocenters. The molecular weight excluding hydrogens is 319 g/mol. The molecule has 1 aromatic carbocycles. The fourth-order valence-corrected chi connectivity index (χ4v) is 2.01. The fraction of sp³-hybridized carbons (Fsp3) is 0.286. The van der Waals surface area contributed by atoms with Crippen LogP contribution in [0.25, 0.3) is 11.4 Å². The molecule has 1 aromatic heterocycles. The van der Waals surface area contributed by atoms with Crippen LogP contribution in [0.3, 0.4) is 0 Å². The van der Waals surface area contributed by atoms with Crippen LogP contribution in [0.2, 0.25) is 5.02 Å². The van der Waals surface area contributed by atoms with Gasteiger partial charge in [-0.05, 0) is 24.3 Å². The third kappa shape index (κ3) is 3.71. The summed E-state index contributed by atoms with van der Waals surface area (Å²) < 4.78 is 39.2. The zero-order valence-electron chi connectivity index (χ0n) is 11.3. The summed E-state index contributed by atoms with van der Waals surface area (Å²) in [6.07, 6.45) is -0.366. The van der Waals surface area contributed by atoms with E-state index in [1.54, 1.807) is 24.3 Å². The SMILES string of the molecule is C#CCn1nc(-c2ccc(Cl)cc2)n(CCC(F)(F)F)c1=O. The van der Waals surface area contributed by atoms with E-state index in [1.807, 2.05) is 0 Å². The van der Waals surface area contributed by atoms with Gasteiger partial charge in [0.25, 0.3) is 0 Å². The molecule has 0 aliphatic rings. The van der Waals surface area contributed by atoms with Crippen molar-refractivity contribution in [3.05, 3.63) is 39.8 Å². The molecule has 2 rings (SSSR count). The fourth-order valence-electron chi connectivity index (χ4n) is 1.88. The summed E-state index contributed by atoms with van der Waals surface area (Å²) in [5.41, 5.74) is -0.188. The molecule has 0 spiro atoms. The number of terminal acetylenes is 1. The summed E-state index contributed by atoms with van der Waals surface area (Å²) in [6, 6.07) is 6.29. The minimum absolute atomic E-state index is 0.113. The van der Waals surface area contributed by atoms with Gasteiger partial charge in [-0.25, -0.2) is 9.48 Å². The average molecular weight is 330 g/mol. The van der Waals surface area contributed by atoms with Gasteiger partial charge < -0.3 is 0 Å². The quantitative estimate of drug-likeness (QED) is 0.809. The van der Waals surface area contributed by atoms with Gasteiger partial charge in [0.2, 0.25) is 0 Å². The predicted molar refractivity (Wildman–Crippen MR) is 76.4 cm³/mol. The lowest BCUT2D eigenvalue weighted by atomic mass is 10.2. The Labute approximate surface area is 129 Å². The molecule has 1 heterocycles. The van der Waals surface area contributed by atoms with Crippen molar-refractivity contribution in [3.63, 3.8) is 0 Å². The molecule has 0 bridgehead atoms. The van der Waals surface area contributed by atoms with Crippen molar-refractivity contribution in [2.75, 3.05) is 0 Å². The second-order valence-electron chi connectivity index (χ2n) is 4.49. The maximum absolute atomic E-state index is 12.4. The monoisotopic (exact) mass is 329 g/mol. The maximum Gasteiger partial charge on any atom is 0.390 e. The number of nitrogens with zero attached hydrogens (tertiary/aromatic N) is 3. The Morgan fingerprint density at radius 3 is 2.45 bits per heavy atom. The van der Waals surface area contributed by atoms with Crippen LogP contribution in [0.15, 0.2) is 29.1 Å². The van der Waals surface area contributed by atoms with E-state index >= 15 is 0 Å². The van der Waals surface area contributed by atoms with E-state index in [0.29, 0.717) is 10.6 Å². The third-order valence-corrected chi connectivity index (χ3v) is 3.14. The number of halogens is 4. The number of aromatic nitrogens is 3. The van der Waals surface area contributed by atoms with Crippen LogP contribution in [0.5, 0.6) is 0 Å². The molecular formula is C14H11ClF3N3O. The smallest absolute Gasteiger partial charge is 0.275 e. The summed E-state index contributed by atoms with van der Waals surface area (Å²) in [5, 5.41) is 4.48. The van der Waals surface area contributed by atoms with Gasteiger partial charge in [0.05, 0.1) is 6.42 Å². The lowest BCUT2D eigenvalue weighted by Gasteiger charge is -2.08. The van der Waals surface area contributed by atoms with Crippen LogP contribution in [0.1, 0.15) is 6.42 Å². The first-order valence-corrected chi connectivity index (χ1v) is 6.63. The first-order valence-electron chi connectivity index (χ1n) is 6.25. The molecule has 116 valence electrons. The van der Waals surface area contributed by atoms with E-state index in [2.05, 4.69) is 11.0 Å². The number of benzene rings is 1. The van der Waals surface area contributed by atoms with Crippen LogP contribution < -0.4 is 5.69 Å². The summed E-state index contributed by atoms with van der Waals surface area (Å²) in [5.74, 6) is 2.37. The first kappa shape index (κ1) is 16.2. The Morgan fingerprint density at radius 1 is 1.27 bits per heavy atom. The van der Waals surface area contributed by atoms with Crippen molar-refractivity contribution in [1.29, 1.82) is 0 Å². The number of hydrogen-bond acceptors (Lipinski definition) is 2. The molecule has 8 heteroatoms. The molecule has 0 aliphatic heterocycles. The van der Waals surface area contributed by atoms with Gasteiger partial charge in [-0.15, -0.1) is 11.5 Å². The normalized spacial score (nSPS) is 11.4. The topological polar surface area (TPSA) is 39.8 Å². The molecule has 2 aromatic rings. The molecule has 0 saturated carbocycles. The Bertz CT molecular complexity index is 754. The van der Waals surface area contributed by atoms with E-state index in [1.165, 1.54) is 0 Å². The van der Waals surface area contributed by atoms with Gasteiger partial charge in [-0.1, -0.05) is 17.5 Å². The van der Waals surface area contributed by atoms with Crippen LogP contribution in [-0.2, 0) is 13.1 Å². The van der Waals surface area contributed by atoms with Gasteiger partial charge in [0, 0.05) is 17.1 Å². The molecule has 0 radical (unpaired) electrons. The van der Waals surface area contributed by atoms with Crippen LogP contribution in [0, 0.1) is 12.3 Å². The van der Waals surface area contributed by atoms with E-state index < -0.39 is 24.8 Å². The van der Waals surface area contributed by atoms with Crippen LogP contribution in [0.4, 0.5) is 13.2 Å². The minimum atomic E-state index is -4.37. The lowest BCUT2D eigenvalue weighted by Crippen LogP contribution is -2.26. The number of rotatable bonds is 4. The Kier molecular flexibility index (Phi) is 4.62. The van der Waals surface area contributed by atoms with Gasteiger partial charge >= 0.3 is 11.9 Å². The van der Waals surface area contributed by atoms with Crippen molar-refractivity contribution < 1.29 is 13.2 Å². The van der Waals surface area contributed by atoms with Crippen molar-refractivity contribution >= 4 is 11.6 Å². The molecule has 0 amide bonds. The summed E-state index contributed by atoms with van der Waals surface area (Å²) in [7, 11) is 0. The molecule has 22 heavy (non-hydrogen) atoms. The highest BCUT2D eigenvalue weighted by molar-refractivity contribution is 6.30. The second-order valence-corrected chi connectivity index (χ2v) is 4.93. The molecule has 0 aliphatic carbocycles. The molecule has 0 N–H and O–H groups in total. The van der Waals surface area contributed by atoms with Gasteiger partial charge in [-0.2, -0.15) is 13.2 Å². The van der Waals surface area contributed by atoms with Crippen molar-refractivity contribution in [2.24, 2.45) is 0 Å². The lowest BCUT2D eigenvalue weighted by molar-refractivity contribution is -0.136. The summed E-state index contributed by atoms with van der Waals surface area (Å²) in [4.78, 5) is 12.1. The van der Waals surface area contributed by atoms with Gasteiger partial charge in [-0.3, -0.25) is 4.57 Å². The van der Waals surface area contributed by atoms with E-state index in [4.69, 9.17) is 18.0 Å². The van der Waals surface area contributed by atoms with Gasteiger partial charge in [0.15, 0.2) is 5.82 Å². The van der Waals surface area contributed by atoms with Crippen LogP contribution >= 0.6 is 11.6 Å². The third-order valence-electron chi connectivity index (χ3n) is 2.89. The summed E-state index contributed by atoms with van der Waals surface area (Å²) >= 11 is 5.78. The van der Waals surface area contributed by atoms with Crippen molar-refractivity contribution in [1.82, 2.24) is 14.3 Å². The first-order chi connectivity index (χ1) is 10.3. The minimum Gasteiger partial charge on any atom is -0.275 e. The zero-order valence-corrected chi connectivity index (χ0v) is 12.0. The summed E-state index contributed by atoms with van der Waals surface area (Å²) in [6.45, 7) is -0.636. The second kappa shape index (κ2) is 6.28. The van der Waals surface area contributed by atoms with Crippen molar-refractivity contribution in [2.45, 2.75) is 25.7 Å². The molecule has 0 saturated heterocycles.